The zero-order valence-corrected chi connectivity index (χ0v) is 14.2. The maximum atomic E-state index is 12.1. The van der Waals surface area contributed by atoms with Crippen molar-refractivity contribution in [2.75, 3.05) is 0 Å². The Bertz CT molecular complexity index is 661. The van der Waals surface area contributed by atoms with Crippen LogP contribution in [-0.4, -0.2) is 25.5 Å². The number of nitrogens with one attached hydrogen (secondary N) is 1. The molecule has 22 heavy (non-hydrogen) atoms. The fraction of sp³-hybridized carbons (Fsp3) is 0.533. The van der Waals surface area contributed by atoms with Gasteiger partial charge in [-0.25, -0.2) is 0 Å². The second kappa shape index (κ2) is 6.96. The molecule has 0 aliphatic rings. The van der Waals surface area contributed by atoms with Crippen LogP contribution in [0.3, 0.4) is 0 Å². The van der Waals surface area contributed by atoms with Crippen molar-refractivity contribution < 1.29 is 4.79 Å². The van der Waals surface area contributed by atoms with Gasteiger partial charge in [-0.05, 0) is 27.7 Å². The van der Waals surface area contributed by atoms with E-state index in [2.05, 4.69) is 15.5 Å². The quantitative estimate of drug-likeness (QED) is 0.888. The minimum Gasteiger partial charge on any atom is -0.349 e. The van der Waals surface area contributed by atoms with Gasteiger partial charge < -0.3 is 5.32 Å². The predicted octanol–water partition coefficient (Wildman–Crippen LogP) is 2.64. The lowest BCUT2D eigenvalue weighted by atomic mass is 10.1. The van der Waals surface area contributed by atoms with E-state index in [1.54, 1.807) is 10.9 Å². The molecule has 6 nitrogen and oxygen atoms in total. The standard InChI is InChI=1S/C15H22ClN5O/c1-5-20-11(3)13(8-17-20)10(2)19-15(22)6-7-21-12(4)14(16)9-18-21/h8-10H,5-7H2,1-4H3,(H,19,22). The molecule has 7 heteroatoms. The maximum Gasteiger partial charge on any atom is 0.222 e. The van der Waals surface area contributed by atoms with E-state index in [0.29, 0.717) is 18.0 Å². The summed E-state index contributed by atoms with van der Waals surface area (Å²) in [7, 11) is 0. The van der Waals surface area contributed by atoms with Gasteiger partial charge in [-0.3, -0.25) is 14.2 Å². The number of hydrogen-bond donors (Lipinski definition) is 1. The largest absolute Gasteiger partial charge is 0.349 e. The highest BCUT2D eigenvalue weighted by molar-refractivity contribution is 6.31. The first kappa shape index (κ1) is 16.5. The molecule has 0 aliphatic heterocycles. The van der Waals surface area contributed by atoms with Crippen molar-refractivity contribution in [3.63, 3.8) is 0 Å². The smallest absolute Gasteiger partial charge is 0.222 e. The predicted molar refractivity (Wildman–Crippen MR) is 85.8 cm³/mol. The summed E-state index contributed by atoms with van der Waals surface area (Å²) in [4.78, 5) is 12.1. The number of halogens is 1. The molecule has 2 aromatic rings. The van der Waals surface area contributed by atoms with Crippen LogP contribution in [0.15, 0.2) is 12.4 Å². The number of aryl methyl sites for hydroxylation is 2. The molecule has 0 bridgehead atoms. The Morgan fingerprint density at radius 1 is 1.27 bits per heavy atom. The molecule has 0 saturated heterocycles. The molecule has 0 aromatic carbocycles. The van der Waals surface area contributed by atoms with Crippen LogP contribution in [0.4, 0.5) is 0 Å². The van der Waals surface area contributed by atoms with E-state index >= 15 is 0 Å². The molecular weight excluding hydrogens is 302 g/mol. The molecule has 0 fully saturated rings. The van der Waals surface area contributed by atoms with Crippen LogP contribution < -0.4 is 5.32 Å². The van der Waals surface area contributed by atoms with E-state index in [4.69, 9.17) is 11.6 Å². The summed E-state index contributed by atoms with van der Waals surface area (Å²) in [6, 6.07) is -0.0601. The van der Waals surface area contributed by atoms with Crippen LogP contribution in [0.1, 0.15) is 43.3 Å². The van der Waals surface area contributed by atoms with Gasteiger partial charge in [-0.1, -0.05) is 11.6 Å². The summed E-state index contributed by atoms with van der Waals surface area (Å²) in [6.45, 7) is 9.26. The van der Waals surface area contributed by atoms with Gasteiger partial charge in [-0.2, -0.15) is 10.2 Å². The van der Waals surface area contributed by atoms with Gasteiger partial charge in [0.25, 0.3) is 0 Å². The molecule has 0 spiro atoms. The zero-order chi connectivity index (χ0) is 16.3. The first-order valence-corrected chi connectivity index (χ1v) is 7.81. The van der Waals surface area contributed by atoms with Gasteiger partial charge in [0.2, 0.25) is 5.91 Å². The molecule has 2 aromatic heterocycles. The van der Waals surface area contributed by atoms with Gasteiger partial charge in [0.1, 0.15) is 0 Å². The molecule has 1 atom stereocenters. The monoisotopic (exact) mass is 323 g/mol. The maximum absolute atomic E-state index is 12.1. The summed E-state index contributed by atoms with van der Waals surface area (Å²) in [5.74, 6) is -0.0119. The number of aromatic nitrogens is 4. The van der Waals surface area contributed by atoms with Crippen LogP contribution in [0.2, 0.25) is 5.02 Å². The fourth-order valence-corrected chi connectivity index (χ4v) is 2.59. The fourth-order valence-electron chi connectivity index (χ4n) is 2.45. The van der Waals surface area contributed by atoms with E-state index in [9.17, 15) is 4.79 Å². The van der Waals surface area contributed by atoms with Gasteiger partial charge in [0.15, 0.2) is 0 Å². The molecule has 2 heterocycles. The number of amides is 1. The van der Waals surface area contributed by atoms with E-state index < -0.39 is 0 Å². The van der Waals surface area contributed by atoms with E-state index in [1.807, 2.05) is 38.6 Å². The molecular formula is C15H22ClN5O. The van der Waals surface area contributed by atoms with E-state index in [0.717, 1.165) is 23.5 Å². The third-order valence-electron chi connectivity index (χ3n) is 3.88. The Morgan fingerprint density at radius 3 is 2.50 bits per heavy atom. The first-order chi connectivity index (χ1) is 10.4. The van der Waals surface area contributed by atoms with E-state index in [1.165, 1.54) is 0 Å². The molecule has 0 radical (unpaired) electrons. The minimum atomic E-state index is -0.0601. The molecule has 120 valence electrons. The Hall–Kier alpha value is -1.82. The summed E-state index contributed by atoms with van der Waals surface area (Å²) in [6.07, 6.45) is 3.78. The normalized spacial score (nSPS) is 12.4. The molecule has 0 saturated carbocycles. The number of carbonyl (C=O) groups is 1. The summed E-state index contributed by atoms with van der Waals surface area (Å²) < 4.78 is 3.67. The van der Waals surface area contributed by atoms with Crippen molar-refractivity contribution in [1.82, 2.24) is 24.9 Å². The van der Waals surface area contributed by atoms with E-state index in [-0.39, 0.29) is 11.9 Å². The summed E-state index contributed by atoms with van der Waals surface area (Å²) >= 11 is 5.95. The van der Waals surface area contributed by atoms with Gasteiger partial charge >= 0.3 is 0 Å². The molecule has 1 unspecified atom stereocenters. The Kier molecular flexibility index (Phi) is 5.24. The Labute approximate surface area is 135 Å². The SMILES string of the molecule is CCn1ncc(C(C)NC(=O)CCn2ncc(Cl)c2C)c1C. The highest BCUT2D eigenvalue weighted by atomic mass is 35.5. The van der Waals surface area contributed by atoms with Crippen LogP contribution in [0.25, 0.3) is 0 Å². The van der Waals surface area contributed by atoms with Crippen molar-refractivity contribution in [2.24, 2.45) is 0 Å². The van der Waals surface area contributed by atoms with Crippen molar-refractivity contribution in [1.29, 1.82) is 0 Å². The molecule has 1 N–H and O–H groups in total. The topological polar surface area (TPSA) is 64.7 Å². The zero-order valence-electron chi connectivity index (χ0n) is 13.4. The number of hydrogen-bond acceptors (Lipinski definition) is 3. The number of nitrogens with zero attached hydrogens (tertiary/aromatic N) is 4. The van der Waals surface area contributed by atoms with Crippen LogP contribution in [-0.2, 0) is 17.9 Å². The Morgan fingerprint density at radius 2 is 1.95 bits per heavy atom. The second-order valence-corrected chi connectivity index (χ2v) is 5.75. The van der Waals surface area contributed by atoms with Crippen LogP contribution in [0.5, 0.6) is 0 Å². The van der Waals surface area contributed by atoms with Crippen molar-refractivity contribution in [2.45, 2.75) is 53.2 Å². The summed E-state index contributed by atoms with van der Waals surface area (Å²) in [5, 5.41) is 12.1. The average Bonchev–Trinajstić information content (AvgIpc) is 3.01. The van der Waals surface area contributed by atoms with Gasteiger partial charge in [0, 0.05) is 24.2 Å². The number of rotatable bonds is 6. The van der Waals surface area contributed by atoms with Gasteiger partial charge in [-0.15, -0.1) is 0 Å². The number of carbonyl (C=O) groups excluding carboxylic acids is 1. The third-order valence-corrected chi connectivity index (χ3v) is 4.25. The van der Waals surface area contributed by atoms with Gasteiger partial charge in [0.05, 0.1) is 35.7 Å². The average molecular weight is 324 g/mol. The van der Waals surface area contributed by atoms with Crippen molar-refractivity contribution >= 4 is 17.5 Å². The summed E-state index contributed by atoms with van der Waals surface area (Å²) in [5.41, 5.74) is 3.01. The highest BCUT2D eigenvalue weighted by Gasteiger charge is 2.15. The third kappa shape index (κ3) is 3.50. The lowest BCUT2D eigenvalue weighted by molar-refractivity contribution is -0.122. The lowest BCUT2D eigenvalue weighted by Gasteiger charge is -2.14. The Balaban J connectivity index is 1.91. The lowest BCUT2D eigenvalue weighted by Crippen LogP contribution is -2.28. The molecule has 2 rings (SSSR count). The molecule has 0 aliphatic carbocycles. The van der Waals surface area contributed by atoms with Crippen LogP contribution in [0, 0.1) is 13.8 Å². The minimum absolute atomic E-state index is 0.0119. The van der Waals surface area contributed by atoms with Crippen molar-refractivity contribution in [3.8, 4) is 0 Å². The van der Waals surface area contributed by atoms with Crippen molar-refractivity contribution in [3.05, 3.63) is 34.4 Å². The highest BCUT2D eigenvalue weighted by Crippen LogP contribution is 2.17. The van der Waals surface area contributed by atoms with Crippen LogP contribution >= 0.6 is 11.6 Å². The molecule has 1 amide bonds. The first-order valence-electron chi connectivity index (χ1n) is 7.43. The second-order valence-electron chi connectivity index (χ2n) is 5.34.